The number of likely N-dealkylation sites (tertiary alicyclic amines) is 2. The Hall–Kier alpha value is -3.25. The quantitative estimate of drug-likeness (QED) is 0.251. The Labute approximate surface area is 257 Å². The molecule has 2 aromatic carbocycles. The Morgan fingerprint density at radius 1 is 1.16 bits per heavy atom. The second kappa shape index (κ2) is 13.8. The van der Waals surface area contributed by atoms with Crippen LogP contribution in [0.25, 0.3) is 0 Å². The summed E-state index contributed by atoms with van der Waals surface area (Å²) in [6.45, 7) is 2.74. The van der Waals surface area contributed by atoms with Gasteiger partial charge in [0.2, 0.25) is 0 Å². The van der Waals surface area contributed by atoms with Crippen LogP contribution in [0.1, 0.15) is 65.6 Å². The zero-order valence-electron chi connectivity index (χ0n) is 24.4. The number of halogens is 6. The normalized spacial score (nSPS) is 20.1. The number of piperidine rings is 1. The minimum absolute atomic E-state index is 0.0438. The van der Waals surface area contributed by atoms with Crippen LogP contribution in [0.4, 0.5) is 22.0 Å². The maximum Gasteiger partial charge on any atom is 0.416 e. The number of hydrogen-bond donors (Lipinski definition) is 0. The van der Waals surface area contributed by atoms with E-state index in [9.17, 15) is 22.8 Å². The van der Waals surface area contributed by atoms with Crippen LogP contribution < -0.4 is 4.74 Å². The zero-order chi connectivity index (χ0) is 32.2. The summed E-state index contributed by atoms with van der Waals surface area (Å²) in [6.07, 6.45) is -2.61. The smallest absolute Gasteiger partial charge is 0.416 e. The van der Waals surface area contributed by atoms with E-state index in [1.54, 1.807) is 6.92 Å². The number of hydrogen-bond acceptors (Lipinski definition) is 6. The van der Waals surface area contributed by atoms with E-state index in [2.05, 4.69) is 4.74 Å². The van der Waals surface area contributed by atoms with Gasteiger partial charge in [-0.2, -0.15) is 13.2 Å². The zero-order valence-corrected chi connectivity index (χ0v) is 25.1. The lowest BCUT2D eigenvalue weighted by Gasteiger charge is -2.36. The molecule has 0 N–H and O–H groups in total. The minimum Gasteiger partial charge on any atom is -0.490 e. The van der Waals surface area contributed by atoms with Gasteiger partial charge in [0, 0.05) is 43.2 Å². The lowest BCUT2D eigenvalue weighted by atomic mass is 9.93. The van der Waals surface area contributed by atoms with E-state index in [0.29, 0.717) is 17.6 Å². The second-order valence-corrected chi connectivity index (χ2v) is 12.0. The Morgan fingerprint density at radius 3 is 2.36 bits per heavy atom. The Bertz CT molecular complexity index is 1380. The Balaban J connectivity index is 0.00000104. The van der Waals surface area contributed by atoms with Crippen molar-refractivity contribution in [1.82, 2.24) is 9.80 Å². The Morgan fingerprint density at radius 2 is 1.82 bits per heavy atom. The summed E-state index contributed by atoms with van der Waals surface area (Å²) in [5.74, 6) is -1.37. The summed E-state index contributed by atoms with van der Waals surface area (Å²) in [7, 11) is 1.31. The van der Waals surface area contributed by atoms with Gasteiger partial charge >= 0.3 is 6.18 Å². The summed E-state index contributed by atoms with van der Waals surface area (Å²) in [5, 5.41) is 0.218. The SMILES string of the molecule is CC1CN(C(=O)c2cc(C3CC3)c(OCC3(F)CCN(Cc4cc(C(F)(F)F)ccc4Cl)CC3)cc2F)CC1=O.COC=O. The predicted molar refractivity (Wildman–Crippen MR) is 152 cm³/mol. The number of ether oxygens (including phenoxy) is 2. The molecule has 1 amide bonds. The van der Waals surface area contributed by atoms with Crippen molar-refractivity contribution < 1.29 is 45.8 Å². The van der Waals surface area contributed by atoms with E-state index in [-0.39, 0.29) is 86.1 Å². The predicted octanol–water partition coefficient (Wildman–Crippen LogP) is 6.21. The number of ketones is 1. The monoisotopic (exact) mass is 644 g/mol. The van der Waals surface area contributed by atoms with Crippen LogP contribution in [0.15, 0.2) is 30.3 Å². The van der Waals surface area contributed by atoms with Crippen molar-refractivity contribution in [3.05, 3.63) is 63.4 Å². The van der Waals surface area contributed by atoms with Crippen molar-refractivity contribution in [3.8, 4) is 5.75 Å². The molecule has 1 aliphatic carbocycles. The molecule has 44 heavy (non-hydrogen) atoms. The fourth-order valence-corrected chi connectivity index (χ4v) is 5.49. The molecule has 2 aliphatic heterocycles. The van der Waals surface area contributed by atoms with Gasteiger partial charge in [0.25, 0.3) is 12.4 Å². The molecule has 7 nitrogen and oxygen atoms in total. The molecule has 2 aromatic rings. The fraction of sp³-hybridized carbons (Fsp3) is 0.516. The first-order valence-electron chi connectivity index (χ1n) is 14.3. The number of methoxy groups -OCH3 is 1. The number of amides is 1. The molecule has 0 radical (unpaired) electrons. The standard InChI is InChI=1S/C29H30ClF5N2O3.C2H4O2/c1-17-13-37(15-25(17)38)27(39)22-11-21(18-2-3-18)26(12-24(22)31)40-16-28(32)6-8-36(9-7-28)14-19-10-20(29(33,34)35)4-5-23(19)30;1-4-2-3/h4-5,10-12,17-18H,2-3,6-9,13-16H2,1H3;2H,1H3. The number of Topliss-reactive ketones (excluding diaryl/α,β-unsaturated/α-hetero) is 1. The van der Waals surface area contributed by atoms with Crippen molar-refractivity contribution in [2.45, 2.75) is 56.9 Å². The molecule has 1 unspecified atom stereocenters. The van der Waals surface area contributed by atoms with Gasteiger partial charge in [-0.1, -0.05) is 18.5 Å². The molecule has 13 heteroatoms. The van der Waals surface area contributed by atoms with Crippen LogP contribution in [-0.2, 0) is 27.0 Å². The molecule has 0 aromatic heterocycles. The van der Waals surface area contributed by atoms with E-state index in [1.165, 1.54) is 24.1 Å². The number of carbonyl (C=O) groups excluding carboxylic acids is 3. The van der Waals surface area contributed by atoms with Gasteiger partial charge in [-0.15, -0.1) is 0 Å². The van der Waals surface area contributed by atoms with Gasteiger partial charge in [-0.05, 0) is 67.0 Å². The van der Waals surface area contributed by atoms with E-state index >= 15 is 8.78 Å². The highest BCUT2D eigenvalue weighted by molar-refractivity contribution is 6.31. The van der Waals surface area contributed by atoms with E-state index < -0.39 is 29.1 Å². The molecule has 1 atom stereocenters. The van der Waals surface area contributed by atoms with E-state index in [1.807, 2.05) is 4.90 Å². The lowest BCUT2D eigenvalue weighted by molar-refractivity contribution is -0.137. The summed E-state index contributed by atoms with van der Waals surface area (Å²) in [4.78, 5) is 37.0. The molecule has 3 aliphatic rings. The van der Waals surface area contributed by atoms with Gasteiger partial charge in [-0.25, -0.2) is 8.78 Å². The third-order valence-corrected chi connectivity index (χ3v) is 8.50. The number of carbonyl (C=O) groups is 3. The highest BCUT2D eigenvalue weighted by atomic mass is 35.5. The number of nitrogens with zero attached hydrogens (tertiary/aromatic N) is 2. The van der Waals surface area contributed by atoms with Crippen molar-refractivity contribution in [1.29, 1.82) is 0 Å². The molecule has 0 spiro atoms. The molecule has 240 valence electrons. The number of benzene rings is 2. The van der Waals surface area contributed by atoms with Crippen molar-refractivity contribution in [2.24, 2.45) is 5.92 Å². The van der Waals surface area contributed by atoms with Crippen LogP contribution in [0.3, 0.4) is 0 Å². The van der Waals surface area contributed by atoms with Gasteiger partial charge in [0.1, 0.15) is 23.8 Å². The van der Waals surface area contributed by atoms with Gasteiger partial charge in [-0.3, -0.25) is 19.3 Å². The van der Waals surface area contributed by atoms with Crippen molar-refractivity contribution >= 4 is 29.8 Å². The van der Waals surface area contributed by atoms with Crippen LogP contribution in [0.2, 0.25) is 5.02 Å². The fourth-order valence-electron chi connectivity index (χ4n) is 5.32. The van der Waals surface area contributed by atoms with Crippen LogP contribution in [-0.4, -0.2) is 73.5 Å². The van der Waals surface area contributed by atoms with E-state index in [0.717, 1.165) is 31.0 Å². The summed E-state index contributed by atoms with van der Waals surface area (Å²) in [6, 6.07) is 5.78. The largest absolute Gasteiger partial charge is 0.490 e. The van der Waals surface area contributed by atoms with Crippen LogP contribution in [0, 0.1) is 11.7 Å². The molecule has 2 heterocycles. The third kappa shape index (κ3) is 8.26. The van der Waals surface area contributed by atoms with Crippen LogP contribution in [0.5, 0.6) is 5.75 Å². The molecule has 2 saturated heterocycles. The van der Waals surface area contributed by atoms with Gasteiger partial charge < -0.3 is 14.4 Å². The summed E-state index contributed by atoms with van der Waals surface area (Å²) >= 11 is 6.12. The molecular formula is C31H34ClF5N2O5. The first-order chi connectivity index (χ1) is 20.7. The summed E-state index contributed by atoms with van der Waals surface area (Å²) < 4.78 is 79.7. The molecular weight excluding hydrogens is 611 g/mol. The van der Waals surface area contributed by atoms with Crippen LogP contribution >= 0.6 is 11.6 Å². The Kier molecular flexibility index (Phi) is 10.6. The van der Waals surface area contributed by atoms with Gasteiger partial charge in [0.15, 0.2) is 5.78 Å². The second-order valence-electron chi connectivity index (χ2n) is 11.5. The highest BCUT2D eigenvalue weighted by Crippen LogP contribution is 2.46. The number of alkyl halides is 4. The molecule has 5 rings (SSSR count). The third-order valence-electron chi connectivity index (χ3n) is 8.13. The molecule has 1 saturated carbocycles. The highest BCUT2D eigenvalue weighted by Gasteiger charge is 2.38. The maximum atomic E-state index is 15.7. The average Bonchev–Trinajstić information content (AvgIpc) is 3.77. The topological polar surface area (TPSA) is 76.2 Å². The van der Waals surface area contributed by atoms with Crippen molar-refractivity contribution in [2.75, 3.05) is 39.9 Å². The maximum absolute atomic E-state index is 15.7. The average molecular weight is 645 g/mol. The first kappa shape index (κ1) is 33.6. The van der Waals surface area contributed by atoms with Crippen molar-refractivity contribution in [3.63, 3.8) is 0 Å². The number of rotatable bonds is 8. The minimum atomic E-state index is -4.48. The lowest BCUT2D eigenvalue weighted by Crippen LogP contribution is -2.44. The first-order valence-corrected chi connectivity index (χ1v) is 14.6. The molecule has 3 fully saturated rings. The van der Waals surface area contributed by atoms with Gasteiger partial charge in [0.05, 0.1) is 24.8 Å². The van der Waals surface area contributed by atoms with E-state index in [4.69, 9.17) is 21.1 Å². The molecule has 0 bridgehead atoms. The summed E-state index contributed by atoms with van der Waals surface area (Å²) in [5.41, 5.74) is -1.62.